The van der Waals surface area contributed by atoms with Crippen molar-refractivity contribution >= 4 is 17.7 Å². The quantitative estimate of drug-likeness (QED) is 0.509. The zero-order valence-electron chi connectivity index (χ0n) is 16.8. The Morgan fingerprint density at radius 2 is 1.74 bits per heavy atom. The van der Waals surface area contributed by atoms with Gasteiger partial charge in [-0.05, 0) is 40.8 Å². The molecule has 1 aromatic heterocycles. The molecule has 4 rings (SSSR count). The second-order valence-electron chi connectivity index (χ2n) is 7.40. The largest absolute Gasteiger partial charge is 0.449 e. The maximum Gasteiger partial charge on any atom is 0.407 e. The summed E-state index contributed by atoms with van der Waals surface area (Å²) in [4.78, 5) is 20.0. The molecule has 3 N–H and O–H groups in total. The van der Waals surface area contributed by atoms with Crippen molar-refractivity contribution < 1.29 is 19.7 Å². The van der Waals surface area contributed by atoms with Crippen molar-refractivity contribution in [3.63, 3.8) is 0 Å². The van der Waals surface area contributed by atoms with Crippen LogP contribution in [0.25, 0.3) is 11.1 Å². The van der Waals surface area contributed by atoms with Crippen LogP contribution in [-0.2, 0) is 4.74 Å². The molecule has 0 fully saturated rings. The van der Waals surface area contributed by atoms with Crippen LogP contribution >= 0.6 is 11.6 Å². The molecular weight excluding hydrogens is 418 g/mol. The van der Waals surface area contributed by atoms with Gasteiger partial charge in [0, 0.05) is 29.9 Å². The number of halogens is 1. The zero-order valence-corrected chi connectivity index (χ0v) is 17.6. The van der Waals surface area contributed by atoms with E-state index in [1.165, 1.54) is 6.20 Å². The number of fused-ring (bicyclic) bond motifs is 3. The summed E-state index contributed by atoms with van der Waals surface area (Å²) in [6.07, 6.45) is -1.85. The molecule has 8 heteroatoms. The minimum absolute atomic E-state index is 0.0532. The number of carbonyl (C=O) groups excluding carboxylic acids is 1. The van der Waals surface area contributed by atoms with E-state index < -0.39 is 18.3 Å². The van der Waals surface area contributed by atoms with Crippen molar-refractivity contribution in [2.24, 2.45) is 0 Å². The number of aliphatic hydroxyl groups is 2. The first-order chi connectivity index (χ1) is 15.0. The summed E-state index contributed by atoms with van der Waals surface area (Å²) in [6.45, 7) is 1.63. The maximum absolute atomic E-state index is 12.2. The fourth-order valence-corrected chi connectivity index (χ4v) is 4.07. The van der Waals surface area contributed by atoms with Gasteiger partial charge >= 0.3 is 6.09 Å². The van der Waals surface area contributed by atoms with Crippen LogP contribution in [-0.4, -0.2) is 45.5 Å². The Hall–Kier alpha value is -3.00. The van der Waals surface area contributed by atoms with Crippen LogP contribution in [0.2, 0.25) is 5.28 Å². The smallest absolute Gasteiger partial charge is 0.407 e. The number of alkyl carbamates (subject to hydrolysis) is 1. The van der Waals surface area contributed by atoms with Crippen LogP contribution in [0, 0.1) is 6.92 Å². The van der Waals surface area contributed by atoms with E-state index in [0.717, 1.165) is 22.3 Å². The number of hydrogen-bond acceptors (Lipinski definition) is 6. The van der Waals surface area contributed by atoms with E-state index in [0.29, 0.717) is 11.3 Å². The van der Waals surface area contributed by atoms with E-state index in [9.17, 15) is 15.0 Å². The highest BCUT2D eigenvalue weighted by atomic mass is 35.5. The third-order valence-electron chi connectivity index (χ3n) is 5.47. The number of aryl methyl sites for hydroxylation is 1. The molecule has 1 amide bonds. The van der Waals surface area contributed by atoms with Crippen molar-refractivity contribution in [1.82, 2.24) is 15.3 Å². The van der Waals surface area contributed by atoms with Gasteiger partial charge in [-0.25, -0.2) is 14.8 Å². The van der Waals surface area contributed by atoms with E-state index >= 15 is 0 Å². The van der Waals surface area contributed by atoms with Gasteiger partial charge in [0.2, 0.25) is 5.28 Å². The third kappa shape index (κ3) is 4.39. The van der Waals surface area contributed by atoms with Crippen LogP contribution < -0.4 is 5.32 Å². The van der Waals surface area contributed by atoms with Crippen molar-refractivity contribution in [3.05, 3.63) is 82.4 Å². The molecular formula is C23H22ClN3O4. The Morgan fingerprint density at radius 3 is 2.35 bits per heavy atom. The predicted octanol–water partition coefficient (Wildman–Crippen LogP) is 3.37. The normalized spacial score (nSPS) is 14.5. The number of benzene rings is 2. The first-order valence-corrected chi connectivity index (χ1v) is 10.3. The molecule has 0 bridgehead atoms. The molecule has 1 aliphatic carbocycles. The van der Waals surface area contributed by atoms with Crippen LogP contribution in [0.3, 0.4) is 0 Å². The summed E-state index contributed by atoms with van der Waals surface area (Å²) in [5, 5.41) is 23.1. The van der Waals surface area contributed by atoms with Gasteiger partial charge in [-0.2, -0.15) is 0 Å². The van der Waals surface area contributed by atoms with Gasteiger partial charge in [-0.1, -0.05) is 48.5 Å². The van der Waals surface area contributed by atoms with E-state index in [1.54, 1.807) is 6.92 Å². The van der Waals surface area contributed by atoms with E-state index in [2.05, 4.69) is 27.4 Å². The fourth-order valence-electron chi connectivity index (χ4n) is 3.89. The first-order valence-electron chi connectivity index (χ1n) is 9.89. The Balaban J connectivity index is 1.35. The monoisotopic (exact) mass is 439 g/mol. The van der Waals surface area contributed by atoms with E-state index in [4.69, 9.17) is 16.3 Å². The zero-order chi connectivity index (χ0) is 22.0. The number of ether oxygens (including phenoxy) is 1. The van der Waals surface area contributed by atoms with Crippen LogP contribution in [0.4, 0.5) is 4.79 Å². The van der Waals surface area contributed by atoms with Crippen molar-refractivity contribution in [2.75, 3.05) is 13.2 Å². The maximum atomic E-state index is 12.2. The van der Waals surface area contributed by atoms with E-state index in [1.807, 2.05) is 36.4 Å². The Labute approximate surface area is 184 Å². The van der Waals surface area contributed by atoms with Crippen LogP contribution in [0.15, 0.2) is 54.7 Å². The number of nitrogens with zero attached hydrogens (tertiary/aromatic N) is 2. The third-order valence-corrected chi connectivity index (χ3v) is 5.65. The van der Waals surface area contributed by atoms with Crippen molar-refractivity contribution in [3.8, 4) is 11.1 Å². The van der Waals surface area contributed by atoms with Crippen LogP contribution in [0.1, 0.15) is 34.4 Å². The minimum Gasteiger partial charge on any atom is -0.449 e. The number of nitrogens with one attached hydrogen (secondary N) is 1. The molecule has 2 atom stereocenters. The molecule has 2 unspecified atom stereocenters. The van der Waals surface area contributed by atoms with Crippen LogP contribution in [0.5, 0.6) is 0 Å². The Kier molecular flexibility index (Phi) is 6.18. The molecule has 160 valence electrons. The lowest BCUT2D eigenvalue weighted by Crippen LogP contribution is -2.36. The SMILES string of the molecule is Cc1nc(Cl)ncc1C(O)C(O)CNC(=O)OCC1c2ccccc2-c2ccccc21. The molecule has 0 saturated carbocycles. The summed E-state index contributed by atoms with van der Waals surface area (Å²) < 4.78 is 5.43. The Bertz CT molecular complexity index is 1060. The van der Waals surface area contributed by atoms with Gasteiger partial charge in [0.05, 0.1) is 0 Å². The standard InChI is InChI=1S/C23H22ClN3O4/c1-13-18(10-25-22(24)27-13)21(29)20(28)11-26-23(30)31-12-19-16-8-4-2-6-14(16)15-7-3-5-9-17(15)19/h2-10,19-21,28-29H,11-12H2,1H3,(H,26,30). The summed E-state index contributed by atoms with van der Waals surface area (Å²) in [5.41, 5.74) is 5.31. The van der Waals surface area contributed by atoms with Gasteiger partial charge in [-0.3, -0.25) is 0 Å². The van der Waals surface area contributed by atoms with Gasteiger partial charge in [0.15, 0.2) is 0 Å². The molecule has 1 heterocycles. The van der Waals surface area contributed by atoms with Crippen molar-refractivity contribution in [1.29, 1.82) is 0 Å². The van der Waals surface area contributed by atoms with E-state index in [-0.39, 0.29) is 24.4 Å². The lowest BCUT2D eigenvalue weighted by Gasteiger charge is -2.20. The molecule has 0 aliphatic heterocycles. The van der Waals surface area contributed by atoms with Gasteiger partial charge in [0.1, 0.15) is 18.8 Å². The minimum atomic E-state index is -1.27. The number of aliphatic hydroxyl groups excluding tert-OH is 2. The summed E-state index contributed by atoms with van der Waals surface area (Å²) in [5.74, 6) is -0.0532. The number of aromatic nitrogens is 2. The fraction of sp³-hybridized carbons (Fsp3) is 0.261. The highest BCUT2D eigenvalue weighted by molar-refractivity contribution is 6.28. The number of carbonyl (C=O) groups is 1. The Morgan fingerprint density at radius 1 is 1.13 bits per heavy atom. The number of rotatable bonds is 6. The average Bonchev–Trinajstić information content (AvgIpc) is 3.09. The number of hydrogen-bond donors (Lipinski definition) is 3. The molecule has 2 aromatic carbocycles. The highest BCUT2D eigenvalue weighted by Gasteiger charge is 2.29. The second kappa shape index (κ2) is 9.01. The van der Waals surface area contributed by atoms with Gasteiger partial charge < -0.3 is 20.3 Å². The molecule has 7 nitrogen and oxygen atoms in total. The predicted molar refractivity (Wildman–Crippen MR) is 116 cm³/mol. The highest BCUT2D eigenvalue weighted by Crippen LogP contribution is 2.44. The average molecular weight is 440 g/mol. The molecule has 0 saturated heterocycles. The number of amides is 1. The molecule has 31 heavy (non-hydrogen) atoms. The lowest BCUT2D eigenvalue weighted by molar-refractivity contribution is 0.0177. The van der Waals surface area contributed by atoms with Gasteiger partial charge in [-0.15, -0.1) is 0 Å². The summed E-state index contributed by atoms with van der Waals surface area (Å²) >= 11 is 5.72. The molecule has 3 aromatic rings. The molecule has 1 aliphatic rings. The summed E-state index contributed by atoms with van der Waals surface area (Å²) in [7, 11) is 0. The second-order valence-corrected chi connectivity index (χ2v) is 7.74. The molecule has 0 spiro atoms. The van der Waals surface area contributed by atoms with Crippen molar-refractivity contribution in [2.45, 2.75) is 25.0 Å². The summed E-state index contributed by atoms with van der Waals surface area (Å²) in [6, 6.07) is 16.1. The molecule has 0 radical (unpaired) electrons. The first kappa shape index (κ1) is 21.2. The lowest BCUT2D eigenvalue weighted by atomic mass is 9.98. The topological polar surface area (TPSA) is 105 Å². The van der Waals surface area contributed by atoms with Gasteiger partial charge in [0.25, 0.3) is 0 Å².